The van der Waals surface area contributed by atoms with Crippen molar-refractivity contribution in [3.63, 3.8) is 0 Å². The minimum atomic E-state index is -3.35. The molecule has 0 radical (unpaired) electrons. The first-order valence-electron chi connectivity index (χ1n) is 9.64. The predicted molar refractivity (Wildman–Crippen MR) is 111 cm³/mol. The van der Waals surface area contributed by atoms with Crippen LogP contribution in [0, 0.1) is 0 Å². The Kier molecular flexibility index (Phi) is 5.86. The lowest BCUT2D eigenvalue weighted by molar-refractivity contribution is 0.0242. The first kappa shape index (κ1) is 21.5. The molecule has 1 saturated heterocycles. The lowest BCUT2D eigenvalue weighted by Gasteiger charge is -2.37. The largest absolute Gasteiger partial charge is 0.373 e. The highest BCUT2D eigenvalue weighted by molar-refractivity contribution is 7.88. The van der Waals surface area contributed by atoms with Gasteiger partial charge in [-0.1, -0.05) is 0 Å². The molecular weight excluding hydrogens is 430 g/mol. The molecule has 1 aliphatic rings. The number of hydrogen-bond donors (Lipinski definition) is 1. The van der Waals surface area contributed by atoms with Crippen molar-refractivity contribution in [2.24, 2.45) is 0 Å². The molecule has 3 aromatic rings. The number of morpholine rings is 1. The molecule has 12 heteroatoms. The van der Waals surface area contributed by atoms with Gasteiger partial charge in [0.2, 0.25) is 10.0 Å². The Bertz CT molecular complexity index is 1190. The number of halogens is 2. The molecule has 0 bridgehead atoms. The summed E-state index contributed by atoms with van der Waals surface area (Å²) in [5, 5.41) is 3.99. The van der Waals surface area contributed by atoms with Crippen LogP contribution in [-0.4, -0.2) is 66.1 Å². The summed E-state index contributed by atoms with van der Waals surface area (Å²) in [6.45, 7) is 3.30. The van der Waals surface area contributed by atoms with Crippen LogP contribution in [0.1, 0.15) is 19.0 Å². The van der Waals surface area contributed by atoms with E-state index in [1.807, 2.05) is 12.1 Å². The first-order chi connectivity index (χ1) is 14.7. The van der Waals surface area contributed by atoms with Gasteiger partial charge in [-0.15, -0.1) is 0 Å². The number of hydrogen-bond acceptors (Lipinski definition) is 7. The minimum Gasteiger partial charge on any atom is -0.373 e. The van der Waals surface area contributed by atoms with E-state index in [4.69, 9.17) is 4.74 Å². The fraction of sp³-hybridized carbons (Fsp3) is 0.421. The molecule has 2 atom stereocenters. The van der Waals surface area contributed by atoms with E-state index in [1.54, 1.807) is 19.3 Å². The molecule has 0 aliphatic carbocycles. The Morgan fingerprint density at radius 1 is 1.26 bits per heavy atom. The van der Waals surface area contributed by atoms with Crippen molar-refractivity contribution in [2.45, 2.75) is 25.5 Å². The van der Waals surface area contributed by atoms with E-state index in [0.29, 0.717) is 36.7 Å². The molecule has 0 amide bonds. The van der Waals surface area contributed by atoms with Crippen LogP contribution < -0.4 is 9.62 Å². The van der Waals surface area contributed by atoms with E-state index in [-0.39, 0.29) is 11.8 Å². The molecule has 2 unspecified atom stereocenters. The summed E-state index contributed by atoms with van der Waals surface area (Å²) in [4.78, 5) is 10.7. The third-order valence-electron chi connectivity index (χ3n) is 5.03. The van der Waals surface area contributed by atoms with Gasteiger partial charge in [0.25, 0.3) is 6.43 Å². The molecule has 0 spiro atoms. The number of sulfonamides is 1. The highest BCUT2D eigenvalue weighted by Gasteiger charge is 2.27. The molecule has 166 valence electrons. The van der Waals surface area contributed by atoms with Gasteiger partial charge in [-0.3, -0.25) is 4.98 Å². The number of imidazole rings is 1. The molecular formula is C19H22F2N6O3S. The second kappa shape index (κ2) is 8.44. The van der Waals surface area contributed by atoms with Crippen molar-refractivity contribution in [3.8, 4) is 11.4 Å². The lowest BCUT2D eigenvalue weighted by Crippen LogP contribution is -2.52. The average molecular weight is 452 g/mol. The number of ether oxygens (including phenoxy) is 1. The van der Waals surface area contributed by atoms with Crippen LogP contribution in [-0.2, 0) is 14.8 Å². The van der Waals surface area contributed by atoms with Crippen molar-refractivity contribution in [1.82, 2.24) is 24.3 Å². The van der Waals surface area contributed by atoms with Crippen LogP contribution in [0.15, 0.2) is 36.7 Å². The summed E-state index contributed by atoms with van der Waals surface area (Å²) < 4.78 is 58.9. The number of anilines is 1. The van der Waals surface area contributed by atoms with Crippen molar-refractivity contribution < 1.29 is 21.9 Å². The zero-order chi connectivity index (χ0) is 22.2. The Labute approximate surface area is 178 Å². The summed E-state index contributed by atoms with van der Waals surface area (Å²) in [6, 6.07) is 6.01. The maximum absolute atomic E-state index is 13.1. The summed E-state index contributed by atoms with van der Waals surface area (Å²) in [6.07, 6.45) is 1.27. The molecule has 1 aliphatic heterocycles. The average Bonchev–Trinajstić information content (AvgIpc) is 3.16. The lowest BCUT2D eigenvalue weighted by atomic mass is 10.1. The van der Waals surface area contributed by atoms with Gasteiger partial charge in [0.05, 0.1) is 30.9 Å². The van der Waals surface area contributed by atoms with E-state index in [1.165, 1.54) is 16.6 Å². The normalized spacial score (nSPS) is 18.6. The van der Waals surface area contributed by atoms with Crippen molar-refractivity contribution >= 4 is 21.4 Å². The molecule has 1 fully saturated rings. The van der Waals surface area contributed by atoms with Gasteiger partial charge in [-0.05, 0) is 31.2 Å². The van der Waals surface area contributed by atoms with Crippen molar-refractivity contribution in [1.29, 1.82) is 0 Å². The SMILES string of the molecule is CC(NS(C)(=O)=O)C1CN(c2ccnc(-c3cnc4ccc(C(F)F)nn34)c2)CCO1. The predicted octanol–water partition coefficient (Wildman–Crippen LogP) is 1.87. The van der Waals surface area contributed by atoms with Crippen molar-refractivity contribution in [3.05, 3.63) is 42.4 Å². The Balaban J connectivity index is 1.60. The van der Waals surface area contributed by atoms with E-state index < -0.39 is 22.5 Å². The van der Waals surface area contributed by atoms with Gasteiger partial charge in [-0.25, -0.2) is 31.4 Å². The molecule has 9 nitrogen and oxygen atoms in total. The Morgan fingerprint density at radius 3 is 2.81 bits per heavy atom. The van der Waals surface area contributed by atoms with Crippen LogP contribution in [0.4, 0.5) is 14.5 Å². The van der Waals surface area contributed by atoms with Gasteiger partial charge in [0, 0.05) is 31.0 Å². The topological polar surface area (TPSA) is 102 Å². The summed E-state index contributed by atoms with van der Waals surface area (Å²) in [5.41, 5.74) is 1.99. The fourth-order valence-electron chi connectivity index (χ4n) is 3.56. The Morgan fingerprint density at radius 2 is 2.06 bits per heavy atom. The van der Waals surface area contributed by atoms with E-state index in [0.717, 1.165) is 11.9 Å². The molecule has 0 aromatic carbocycles. The second-order valence-electron chi connectivity index (χ2n) is 7.41. The zero-order valence-electron chi connectivity index (χ0n) is 16.9. The van der Waals surface area contributed by atoms with Gasteiger partial charge < -0.3 is 9.64 Å². The highest BCUT2D eigenvalue weighted by atomic mass is 32.2. The minimum absolute atomic E-state index is 0.328. The number of pyridine rings is 1. The van der Waals surface area contributed by atoms with Gasteiger partial charge >= 0.3 is 0 Å². The van der Waals surface area contributed by atoms with Crippen LogP contribution in [0.2, 0.25) is 0 Å². The molecule has 3 aromatic heterocycles. The van der Waals surface area contributed by atoms with E-state index in [2.05, 4.69) is 24.7 Å². The van der Waals surface area contributed by atoms with Crippen LogP contribution in [0.3, 0.4) is 0 Å². The zero-order valence-corrected chi connectivity index (χ0v) is 17.8. The molecule has 4 heterocycles. The van der Waals surface area contributed by atoms with Gasteiger partial charge in [-0.2, -0.15) is 5.10 Å². The first-order valence-corrected chi connectivity index (χ1v) is 11.5. The summed E-state index contributed by atoms with van der Waals surface area (Å²) in [5.74, 6) is 0. The second-order valence-corrected chi connectivity index (χ2v) is 9.19. The van der Waals surface area contributed by atoms with Crippen LogP contribution >= 0.6 is 0 Å². The number of nitrogens with zero attached hydrogens (tertiary/aromatic N) is 5. The number of aromatic nitrogens is 4. The maximum atomic E-state index is 13.1. The van der Waals surface area contributed by atoms with E-state index in [9.17, 15) is 17.2 Å². The van der Waals surface area contributed by atoms with Crippen LogP contribution in [0.5, 0.6) is 0 Å². The third-order valence-corrected chi connectivity index (χ3v) is 5.83. The monoisotopic (exact) mass is 452 g/mol. The molecule has 0 saturated carbocycles. The maximum Gasteiger partial charge on any atom is 0.282 e. The number of alkyl halides is 2. The molecule has 31 heavy (non-hydrogen) atoms. The smallest absolute Gasteiger partial charge is 0.282 e. The number of nitrogens with one attached hydrogen (secondary N) is 1. The molecule has 4 rings (SSSR count). The highest BCUT2D eigenvalue weighted by Crippen LogP contribution is 2.26. The van der Waals surface area contributed by atoms with Crippen molar-refractivity contribution in [2.75, 3.05) is 30.9 Å². The van der Waals surface area contributed by atoms with Crippen LogP contribution in [0.25, 0.3) is 17.0 Å². The summed E-state index contributed by atoms with van der Waals surface area (Å²) >= 11 is 0. The van der Waals surface area contributed by atoms with Gasteiger partial charge in [0.1, 0.15) is 11.4 Å². The standard InChI is InChI=1S/C19H22F2N6O3S/c1-12(25-31(2,28)29)17-11-26(7-8-30-17)13-5-6-22-15(9-13)16-10-23-18-4-3-14(19(20)21)24-27(16)18/h3-6,9-10,12,17,19,25H,7-8,11H2,1-2H3. The molecule has 1 N–H and O–H groups in total. The number of rotatable bonds is 6. The fourth-order valence-corrected chi connectivity index (χ4v) is 4.39. The third kappa shape index (κ3) is 4.81. The quantitative estimate of drug-likeness (QED) is 0.609. The summed E-state index contributed by atoms with van der Waals surface area (Å²) in [7, 11) is -3.35. The van der Waals surface area contributed by atoms with Gasteiger partial charge in [0.15, 0.2) is 5.65 Å². The number of fused-ring (bicyclic) bond motifs is 1. The Hall–Kier alpha value is -2.70. The van der Waals surface area contributed by atoms with E-state index >= 15 is 0 Å².